The molecule has 2 aromatic rings. The summed E-state index contributed by atoms with van der Waals surface area (Å²) < 4.78 is 21.1. The van der Waals surface area contributed by atoms with Crippen LogP contribution in [0.2, 0.25) is 0 Å². The molecule has 0 spiro atoms. The first-order valence-corrected chi connectivity index (χ1v) is 8.47. The van der Waals surface area contributed by atoms with Crippen LogP contribution in [-0.4, -0.2) is 45.6 Å². The number of nitrogens with two attached hydrogens (primary N) is 1. The van der Waals surface area contributed by atoms with Crippen LogP contribution in [0, 0.1) is 5.82 Å². The molecule has 7 heteroatoms. The van der Waals surface area contributed by atoms with E-state index in [4.69, 9.17) is 10.5 Å². The van der Waals surface area contributed by atoms with E-state index in [2.05, 4.69) is 15.2 Å². The number of nitrogens with zero attached hydrogens (tertiary/aromatic N) is 4. The van der Waals surface area contributed by atoms with Crippen LogP contribution in [-0.2, 0) is 13.1 Å². The van der Waals surface area contributed by atoms with Gasteiger partial charge >= 0.3 is 0 Å². The fourth-order valence-corrected chi connectivity index (χ4v) is 3.44. The van der Waals surface area contributed by atoms with Gasteiger partial charge < -0.3 is 10.5 Å². The molecule has 0 radical (unpaired) electrons. The number of hydrogen-bond acceptors (Lipinski definition) is 5. The average Bonchev–Trinajstić information content (AvgIpc) is 2.99. The van der Waals surface area contributed by atoms with Gasteiger partial charge in [0.1, 0.15) is 11.5 Å². The number of ether oxygens (including phenoxy) is 1. The quantitative estimate of drug-likeness (QED) is 0.923. The smallest absolute Gasteiger partial charge is 0.237 e. The maximum absolute atomic E-state index is 13.4. The van der Waals surface area contributed by atoms with Gasteiger partial charge in [-0.05, 0) is 30.5 Å². The molecule has 2 aliphatic heterocycles. The minimum Gasteiger partial charge on any atom is -0.476 e. The molecule has 0 unspecified atom stereocenters. The summed E-state index contributed by atoms with van der Waals surface area (Å²) in [6, 6.07) is 6.99. The number of aromatic nitrogens is 3. The van der Waals surface area contributed by atoms with Gasteiger partial charge in [-0.15, -0.1) is 5.10 Å². The molecule has 128 valence electrons. The van der Waals surface area contributed by atoms with Crippen LogP contribution < -0.4 is 10.5 Å². The fraction of sp³-hybridized carbons (Fsp3) is 0.529. The van der Waals surface area contributed by atoms with Crippen LogP contribution in [0.3, 0.4) is 0 Å². The molecule has 6 nitrogen and oxygen atoms in total. The van der Waals surface area contributed by atoms with E-state index in [0.29, 0.717) is 19.2 Å². The van der Waals surface area contributed by atoms with E-state index in [9.17, 15) is 4.39 Å². The first-order valence-electron chi connectivity index (χ1n) is 8.47. The first-order chi connectivity index (χ1) is 11.7. The zero-order chi connectivity index (χ0) is 16.5. The standard InChI is InChI=1S/C17H22FN5O/c18-14-3-1-2-12(8-14)13-9-23-17(24-11-13)16(20-21-23)10-22-6-4-15(19)5-7-22/h1-3,8,13,15H,4-7,9-11,19H2/t13-/m0/s1. The molecule has 2 aliphatic rings. The summed E-state index contributed by atoms with van der Waals surface area (Å²) in [5.74, 6) is 0.620. The van der Waals surface area contributed by atoms with E-state index in [1.54, 1.807) is 16.8 Å². The Morgan fingerprint density at radius 1 is 1.29 bits per heavy atom. The summed E-state index contributed by atoms with van der Waals surface area (Å²) in [7, 11) is 0. The highest BCUT2D eigenvalue weighted by molar-refractivity contribution is 5.25. The van der Waals surface area contributed by atoms with Crippen molar-refractivity contribution in [1.82, 2.24) is 19.9 Å². The fourth-order valence-electron chi connectivity index (χ4n) is 3.44. The SMILES string of the molecule is NC1CCN(Cc2nnn3c2OC[C@@H](c2cccc(F)c2)C3)CC1. The Balaban J connectivity index is 1.45. The van der Waals surface area contributed by atoms with Crippen molar-refractivity contribution < 1.29 is 9.13 Å². The lowest BCUT2D eigenvalue weighted by molar-refractivity contribution is 0.184. The van der Waals surface area contributed by atoms with Gasteiger partial charge in [0.15, 0.2) is 0 Å². The summed E-state index contributed by atoms with van der Waals surface area (Å²) >= 11 is 0. The van der Waals surface area contributed by atoms with E-state index >= 15 is 0 Å². The van der Waals surface area contributed by atoms with E-state index in [-0.39, 0.29) is 11.7 Å². The second kappa shape index (κ2) is 6.49. The normalized spacial score (nSPS) is 22.2. The molecule has 1 aromatic heterocycles. The number of halogens is 1. The van der Waals surface area contributed by atoms with Crippen LogP contribution in [0.1, 0.15) is 30.0 Å². The molecule has 0 bridgehead atoms. The Kier molecular flexibility index (Phi) is 4.20. The number of fused-ring (bicyclic) bond motifs is 1. The molecule has 1 atom stereocenters. The minimum atomic E-state index is -0.221. The highest BCUT2D eigenvalue weighted by Crippen LogP contribution is 2.29. The van der Waals surface area contributed by atoms with Crippen molar-refractivity contribution in [3.63, 3.8) is 0 Å². The monoisotopic (exact) mass is 331 g/mol. The van der Waals surface area contributed by atoms with E-state index in [1.165, 1.54) is 6.07 Å². The summed E-state index contributed by atoms with van der Waals surface area (Å²) in [4.78, 5) is 2.34. The summed E-state index contributed by atoms with van der Waals surface area (Å²) in [6.45, 7) is 3.90. The molecule has 4 rings (SSSR count). The third-order valence-corrected chi connectivity index (χ3v) is 4.89. The van der Waals surface area contributed by atoms with E-state index in [0.717, 1.165) is 49.6 Å². The maximum Gasteiger partial charge on any atom is 0.237 e. The minimum absolute atomic E-state index is 0.0933. The lowest BCUT2D eigenvalue weighted by Crippen LogP contribution is -2.39. The average molecular weight is 331 g/mol. The van der Waals surface area contributed by atoms with Gasteiger partial charge in [-0.2, -0.15) is 0 Å². The van der Waals surface area contributed by atoms with Crippen molar-refractivity contribution in [3.8, 4) is 5.88 Å². The molecule has 3 heterocycles. The molecule has 0 amide bonds. The maximum atomic E-state index is 13.4. The Morgan fingerprint density at radius 3 is 2.92 bits per heavy atom. The molecular formula is C17H22FN5O. The molecule has 1 saturated heterocycles. The van der Waals surface area contributed by atoms with Crippen LogP contribution in [0.25, 0.3) is 0 Å². The highest BCUT2D eigenvalue weighted by atomic mass is 19.1. The zero-order valence-corrected chi connectivity index (χ0v) is 13.6. The Labute approximate surface area is 140 Å². The van der Waals surface area contributed by atoms with E-state index in [1.807, 2.05) is 6.07 Å². The summed E-state index contributed by atoms with van der Waals surface area (Å²) in [5.41, 5.74) is 7.76. The van der Waals surface area contributed by atoms with Crippen molar-refractivity contribution in [2.45, 2.75) is 37.9 Å². The Hall–Kier alpha value is -1.99. The number of hydrogen-bond donors (Lipinski definition) is 1. The first kappa shape index (κ1) is 15.5. The molecule has 0 saturated carbocycles. The molecule has 0 aliphatic carbocycles. The molecular weight excluding hydrogens is 309 g/mol. The van der Waals surface area contributed by atoms with Gasteiger partial charge in [0.25, 0.3) is 0 Å². The van der Waals surface area contributed by atoms with Crippen molar-refractivity contribution >= 4 is 0 Å². The van der Waals surface area contributed by atoms with Gasteiger partial charge in [-0.25, -0.2) is 9.07 Å². The van der Waals surface area contributed by atoms with Gasteiger partial charge in [0.2, 0.25) is 5.88 Å². The topological polar surface area (TPSA) is 69.2 Å². The van der Waals surface area contributed by atoms with Crippen molar-refractivity contribution in [2.24, 2.45) is 5.73 Å². The highest BCUT2D eigenvalue weighted by Gasteiger charge is 2.27. The van der Waals surface area contributed by atoms with Crippen molar-refractivity contribution in [3.05, 3.63) is 41.3 Å². The van der Waals surface area contributed by atoms with Crippen molar-refractivity contribution in [2.75, 3.05) is 19.7 Å². The summed E-state index contributed by atoms with van der Waals surface area (Å²) in [5, 5.41) is 8.53. The number of piperidine rings is 1. The molecule has 2 N–H and O–H groups in total. The predicted octanol–water partition coefficient (Wildman–Crippen LogP) is 1.52. The van der Waals surface area contributed by atoms with E-state index < -0.39 is 0 Å². The van der Waals surface area contributed by atoms with Gasteiger partial charge in [-0.3, -0.25) is 4.90 Å². The van der Waals surface area contributed by atoms with Gasteiger partial charge in [-0.1, -0.05) is 17.3 Å². The zero-order valence-electron chi connectivity index (χ0n) is 13.6. The second-order valence-corrected chi connectivity index (χ2v) is 6.70. The van der Waals surface area contributed by atoms with Crippen LogP contribution in [0.15, 0.2) is 24.3 Å². The third-order valence-electron chi connectivity index (χ3n) is 4.89. The molecule has 1 fully saturated rings. The Morgan fingerprint density at radius 2 is 2.12 bits per heavy atom. The predicted molar refractivity (Wildman–Crippen MR) is 87.1 cm³/mol. The van der Waals surface area contributed by atoms with Gasteiger partial charge in [0.05, 0.1) is 13.2 Å². The lowest BCUT2D eigenvalue weighted by Gasteiger charge is -2.30. The summed E-state index contributed by atoms with van der Waals surface area (Å²) in [6.07, 6.45) is 2.04. The molecule has 24 heavy (non-hydrogen) atoms. The Bertz CT molecular complexity index is 711. The van der Waals surface area contributed by atoms with Crippen LogP contribution in [0.4, 0.5) is 4.39 Å². The molecule has 1 aromatic carbocycles. The lowest BCUT2D eigenvalue weighted by atomic mass is 9.99. The third kappa shape index (κ3) is 3.14. The number of benzene rings is 1. The second-order valence-electron chi connectivity index (χ2n) is 6.70. The van der Waals surface area contributed by atoms with Crippen LogP contribution >= 0.6 is 0 Å². The van der Waals surface area contributed by atoms with Crippen LogP contribution in [0.5, 0.6) is 5.88 Å². The largest absolute Gasteiger partial charge is 0.476 e. The number of rotatable bonds is 3. The van der Waals surface area contributed by atoms with Crippen molar-refractivity contribution in [1.29, 1.82) is 0 Å². The number of likely N-dealkylation sites (tertiary alicyclic amines) is 1. The van der Waals surface area contributed by atoms with Gasteiger partial charge in [0, 0.05) is 31.6 Å².